The van der Waals surface area contributed by atoms with Gasteiger partial charge in [-0.15, -0.1) is 0 Å². The van der Waals surface area contributed by atoms with Crippen molar-refractivity contribution in [2.75, 3.05) is 13.1 Å². The maximum atomic E-state index is 11.4. The van der Waals surface area contributed by atoms with Crippen LogP contribution in [0.1, 0.15) is 55.1 Å². The zero-order chi connectivity index (χ0) is 21.0. The normalized spacial score (nSPS) is 33.9. The van der Waals surface area contributed by atoms with Crippen LogP contribution in [0.15, 0.2) is 36.4 Å². The summed E-state index contributed by atoms with van der Waals surface area (Å²) in [5, 5.41) is 13.7. The summed E-state index contributed by atoms with van der Waals surface area (Å²) in [5.41, 5.74) is 2.33. The number of nitrogens with zero attached hydrogens (tertiary/aromatic N) is 1. The first-order chi connectivity index (χ1) is 14.4. The molecule has 1 heterocycles. The number of aliphatic hydroxyl groups excluding tert-OH is 1. The Bertz CT molecular complexity index is 897. The van der Waals surface area contributed by atoms with Gasteiger partial charge in [-0.2, -0.15) is 0 Å². The maximum absolute atomic E-state index is 11.4. The van der Waals surface area contributed by atoms with Crippen LogP contribution in [-0.2, 0) is 0 Å². The first kappa shape index (κ1) is 21.4. The van der Waals surface area contributed by atoms with Crippen molar-refractivity contribution in [2.24, 2.45) is 5.92 Å². The molecule has 0 aromatic heterocycles. The molecule has 6 rings (SSSR count). The van der Waals surface area contributed by atoms with E-state index in [1.165, 1.54) is 24.0 Å². The van der Waals surface area contributed by atoms with Crippen LogP contribution in [0.5, 0.6) is 0 Å². The van der Waals surface area contributed by atoms with E-state index in [1.54, 1.807) is 0 Å². The van der Waals surface area contributed by atoms with Gasteiger partial charge in [0.15, 0.2) is 0 Å². The molecule has 3 unspecified atom stereocenters. The standard InChI is InChI=1S/C24H25Cl4NO/c25-18-5-3-14(9-20(18)27)16-11-24(29-7-1-2-8-29)12-17(23(16)22(30)13-24)15-4-6-19(26)21(28)10-15/h3-6,9-10,16-17,22-23,30H,1-2,7-8,11-13H2. The lowest BCUT2D eigenvalue weighted by atomic mass is 9.51. The fourth-order valence-electron chi connectivity index (χ4n) is 6.43. The smallest absolute Gasteiger partial charge is 0.0597 e. The average Bonchev–Trinajstić information content (AvgIpc) is 3.27. The van der Waals surface area contributed by atoms with Crippen molar-refractivity contribution in [3.63, 3.8) is 0 Å². The van der Waals surface area contributed by atoms with Gasteiger partial charge in [0.2, 0.25) is 0 Å². The summed E-state index contributed by atoms with van der Waals surface area (Å²) in [7, 11) is 0. The Hall–Kier alpha value is -0.480. The van der Waals surface area contributed by atoms with Gasteiger partial charge >= 0.3 is 0 Å². The molecular formula is C24H25Cl4NO. The largest absolute Gasteiger partial charge is 0.393 e. The molecule has 4 aliphatic rings. The van der Waals surface area contributed by atoms with Crippen LogP contribution in [0.2, 0.25) is 20.1 Å². The maximum Gasteiger partial charge on any atom is 0.0597 e. The molecule has 30 heavy (non-hydrogen) atoms. The van der Waals surface area contributed by atoms with E-state index in [4.69, 9.17) is 46.4 Å². The molecule has 6 heteroatoms. The predicted octanol–water partition coefficient (Wildman–Crippen LogP) is 7.18. The minimum absolute atomic E-state index is 0.00176. The number of fused-ring (bicyclic) bond motifs is 3. The van der Waals surface area contributed by atoms with Crippen LogP contribution in [0, 0.1) is 5.92 Å². The first-order valence-corrected chi connectivity index (χ1v) is 12.2. The zero-order valence-corrected chi connectivity index (χ0v) is 19.7. The minimum Gasteiger partial charge on any atom is -0.393 e. The van der Waals surface area contributed by atoms with Crippen molar-refractivity contribution < 1.29 is 5.11 Å². The van der Waals surface area contributed by atoms with E-state index in [0.717, 1.165) is 32.4 Å². The fourth-order valence-corrected chi connectivity index (χ4v) is 7.04. The second-order valence-electron chi connectivity index (χ2n) is 9.24. The fraction of sp³-hybridized carbons (Fsp3) is 0.500. The van der Waals surface area contributed by atoms with Crippen molar-refractivity contribution in [2.45, 2.75) is 55.6 Å². The lowest BCUT2D eigenvalue weighted by Crippen LogP contribution is -2.62. The topological polar surface area (TPSA) is 23.5 Å². The Labute approximate surface area is 198 Å². The van der Waals surface area contributed by atoms with E-state index in [0.29, 0.717) is 20.1 Å². The summed E-state index contributed by atoms with van der Waals surface area (Å²) >= 11 is 25.2. The number of rotatable bonds is 3. The molecule has 1 aliphatic heterocycles. The molecule has 2 bridgehead atoms. The molecule has 2 aromatic carbocycles. The van der Waals surface area contributed by atoms with E-state index in [-0.39, 0.29) is 29.4 Å². The van der Waals surface area contributed by atoms with Crippen LogP contribution in [-0.4, -0.2) is 34.7 Å². The van der Waals surface area contributed by atoms with E-state index >= 15 is 0 Å². The highest BCUT2D eigenvalue weighted by Gasteiger charge is 2.57. The summed E-state index contributed by atoms with van der Waals surface area (Å²) in [5.74, 6) is 0.554. The van der Waals surface area contributed by atoms with Gasteiger partial charge in [-0.25, -0.2) is 0 Å². The molecule has 2 nitrogen and oxygen atoms in total. The average molecular weight is 485 g/mol. The monoisotopic (exact) mass is 483 g/mol. The predicted molar refractivity (Wildman–Crippen MR) is 125 cm³/mol. The van der Waals surface area contributed by atoms with Gasteiger partial charge < -0.3 is 5.11 Å². The second-order valence-corrected chi connectivity index (χ2v) is 10.9. The van der Waals surface area contributed by atoms with Gasteiger partial charge in [0, 0.05) is 5.54 Å². The number of halogens is 4. The summed E-state index contributed by atoms with van der Waals surface area (Å²) in [6.45, 7) is 2.22. The minimum atomic E-state index is -0.369. The molecule has 0 amide bonds. The third-order valence-corrected chi connectivity index (χ3v) is 9.16. The van der Waals surface area contributed by atoms with Crippen LogP contribution >= 0.6 is 46.4 Å². The van der Waals surface area contributed by atoms with Gasteiger partial charge in [0.1, 0.15) is 0 Å². The molecule has 4 fully saturated rings. The first-order valence-electron chi connectivity index (χ1n) is 10.7. The van der Waals surface area contributed by atoms with Gasteiger partial charge in [0.05, 0.1) is 26.2 Å². The Morgan fingerprint density at radius 3 is 1.70 bits per heavy atom. The summed E-state index contributed by atoms with van der Waals surface area (Å²) in [6.07, 6.45) is 5.03. The van der Waals surface area contributed by atoms with Crippen molar-refractivity contribution in [3.05, 3.63) is 67.6 Å². The highest BCUT2D eigenvalue weighted by atomic mass is 35.5. The van der Waals surface area contributed by atoms with Crippen molar-refractivity contribution in [1.29, 1.82) is 0 Å². The molecule has 3 atom stereocenters. The second kappa shape index (κ2) is 8.14. The number of likely N-dealkylation sites (tertiary alicyclic amines) is 1. The quantitative estimate of drug-likeness (QED) is 0.498. The van der Waals surface area contributed by atoms with Gasteiger partial charge in [0.25, 0.3) is 0 Å². The number of hydrogen-bond acceptors (Lipinski definition) is 2. The Morgan fingerprint density at radius 1 is 0.733 bits per heavy atom. The van der Waals surface area contributed by atoms with Crippen LogP contribution in [0.3, 0.4) is 0 Å². The Balaban J connectivity index is 1.61. The van der Waals surface area contributed by atoms with E-state index in [9.17, 15) is 5.11 Å². The number of hydrogen-bond donors (Lipinski definition) is 1. The third-order valence-electron chi connectivity index (χ3n) is 7.68. The highest BCUT2D eigenvalue weighted by Crippen LogP contribution is 2.60. The lowest BCUT2D eigenvalue weighted by molar-refractivity contribution is -0.0988. The molecular weight excluding hydrogens is 460 g/mol. The number of aliphatic hydroxyl groups is 1. The van der Waals surface area contributed by atoms with Crippen molar-refractivity contribution in [1.82, 2.24) is 4.90 Å². The summed E-state index contributed by atoms with van der Waals surface area (Å²) < 4.78 is 0. The highest BCUT2D eigenvalue weighted by molar-refractivity contribution is 6.42. The third kappa shape index (κ3) is 3.58. The molecule has 3 aliphatic carbocycles. The Morgan fingerprint density at radius 2 is 1.23 bits per heavy atom. The van der Waals surface area contributed by atoms with Crippen molar-refractivity contribution >= 4 is 46.4 Å². The molecule has 0 spiro atoms. The van der Waals surface area contributed by atoms with Gasteiger partial charge in [-0.3, -0.25) is 4.90 Å². The molecule has 2 aromatic rings. The van der Waals surface area contributed by atoms with E-state index < -0.39 is 0 Å². The van der Waals surface area contributed by atoms with Crippen molar-refractivity contribution in [3.8, 4) is 0 Å². The van der Waals surface area contributed by atoms with Gasteiger partial charge in [-0.05, 0) is 98.3 Å². The summed E-state index contributed by atoms with van der Waals surface area (Å²) in [4.78, 5) is 2.64. The molecule has 1 N–H and O–H groups in total. The lowest BCUT2D eigenvalue weighted by Gasteiger charge is -2.60. The van der Waals surface area contributed by atoms with Gasteiger partial charge in [-0.1, -0.05) is 58.5 Å². The van der Waals surface area contributed by atoms with Crippen LogP contribution in [0.25, 0.3) is 0 Å². The number of benzene rings is 2. The van der Waals surface area contributed by atoms with Crippen LogP contribution < -0.4 is 0 Å². The molecule has 0 radical (unpaired) electrons. The zero-order valence-electron chi connectivity index (χ0n) is 16.6. The Kier molecular flexibility index (Phi) is 5.80. The van der Waals surface area contributed by atoms with E-state index in [2.05, 4.69) is 17.0 Å². The van der Waals surface area contributed by atoms with E-state index in [1.807, 2.05) is 24.3 Å². The molecule has 1 saturated heterocycles. The molecule has 160 valence electrons. The summed E-state index contributed by atoms with van der Waals surface area (Å²) in [6, 6.07) is 11.9. The van der Waals surface area contributed by atoms with Crippen LogP contribution in [0.4, 0.5) is 0 Å². The SMILES string of the molecule is OC1CC2(N3CCCC3)CC(c3ccc(Cl)c(Cl)c3)C1C(c1ccc(Cl)c(Cl)c1)C2. The molecule has 3 saturated carbocycles.